The summed E-state index contributed by atoms with van der Waals surface area (Å²) < 4.78 is 113. The molecule has 2 saturated heterocycles. The maximum atomic E-state index is 14.8. The van der Waals surface area contributed by atoms with Crippen LogP contribution in [0.5, 0.6) is 0 Å². The van der Waals surface area contributed by atoms with Crippen LogP contribution in [0.3, 0.4) is 0 Å². The molecule has 2 aliphatic heterocycles. The van der Waals surface area contributed by atoms with Gasteiger partial charge in [0.25, 0.3) is 11.8 Å². The molecule has 8 fully saturated rings. The van der Waals surface area contributed by atoms with Gasteiger partial charge in [0, 0.05) is 36.3 Å². The van der Waals surface area contributed by atoms with Gasteiger partial charge in [-0.15, -0.1) is 0 Å². The van der Waals surface area contributed by atoms with Gasteiger partial charge in [-0.2, -0.15) is 26.3 Å². The van der Waals surface area contributed by atoms with Gasteiger partial charge < -0.3 is 19.6 Å². The van der Waals surface area contributed by atoms with Crippen LogP contribution in [-0.2, 0) is 49.4 Å². The van der Waals surface area contributed by atoms with Crippen LogP contribution in [0.25, 0.3) is 0 Å². The fourth-order valence-corrected chi connectivity index (χ4v) is 12.0. The summed E-state index contributed by atoms with van der Waals surface area (Å²) in [6, 6.07) is 17.1. The quantitative estimate of drug-likeness (QED) is 0.107. The second kappa shape index (κ2) is 18.0. The standard InChI is InChI=1S/C29H22ClF4N3O4.C22H18ClF4N3O3/c30-20-10-21(31)24(35-11-20)37-13-22(38)36(12-17-6-8-19(9-7-17)29(32,33)34)23(25(37)39)27-14-28(15-27,16-27)41-26(40)18-4-2-1-3-5-18;23-14-5-15(24)18(28-6-14)30-8-16(31)29(7-12-1-3-13(4-2-12)22(25,26)27)17(19(30)32)20-9-21(33,10-20)11-20/h1-11,23H,12-16H2;1-6,17,33H,7-11H2. The topological polar surface area (TPSA) is 154 Å². The highest BCUT2D eigenvalue weighted by molar-refractivity contribution is 6.30. The fraction of sp³-hybridized carbons (Fsp3) is 0.353. The molecule has 74 heavy (non-hydrogen) atoms. The third-order valence-electron chi connectivity index (χ3n) is 14.8. The summed E-state index contributed by atoms with van der Waals surface area (Å²) in [7, 11) is 0. The van der Waals surface area contributed by atoms with Crippen LogP contribution in [0.15, 0.2) is 103 Å². The molecular formula is C51H40Cl2F8N6O7. The van der Waals surface area contributed by atoms with Crippen LogP contribution in [0.4, 0.5) is 46.8 Å². The van der Waals surface area contributed by atoms with Gasteiger partial charge >= 0.3 is 18.3 Å². The predicted molar refractivity (Wildman–Crippen MR) is 247 cm³/mol. The Kier molecular flexibility index (Phi) is 12.4. The van der Waals surface area contributed by atoms with Crippen molar-refractivity contribution in [3.63, 3.8) is 0 Å². The number of hydrogen-bond acceptors (Lipinski definition) is 9. The van der Waals surface area contributed by atoms with Crippen LogP contribution < -0.4 is 9.80 Å². The number of halogens is 10. The van der Waals surface area contributed by atoms with Crippen molar-refractivity contribution >= 4 is 64.4 Å². The molecule has 23 heteroatoms. The van der Waals surface area contributed by atoms with E-state index in [4.69, 9.17) is 27.9 Å². The van der Waals surface area contributed by atoms with Crippen LogP contribution in [0, 0.1) is 22.5 Å². The number of benzene rings is 3. The monoisotopic (exact) mass is 1070 g/mol. The number of carbonyl (C=O) groups is 5. The highest BCUT2D eigenvalue weighted by atomic mass is 35.5. The molecule has 5 aromatic rings. The van der Waals surface area contributed by atoms with Gasteiger partial charge in [0.2, 0.25) is 11.8 Å². The number of hydrogen-bond donors (Lipinski definition) is 1. The lowest BCUT2D eigenvalue weighted by Gasteiger charge is -2.72. The Bertz CT molecular complexity index is 3070. The van der Waals surface area contributed by atoms with E-state index in [0.29, 0.717) is 55.2 Å². The van der Waals surface area contributed by atoms with Gasteiger partial charge in [0.15, 0.2) is 23.3 Å². The molecule has 2 unspecified atom stereocenters. The number of pyridine rings is 2. The largest absolute Gasteiger partial charge is 0.455 e. The molecule has 13 rings (SSSR count). The Morgan fingerprint density at radius 2 is 1.01 bits per heavy atom. The van der Waals surface area contributed by atoms with E-state index in [1.54, 1.807) is 30.3 Å². The molecule has 1 N–H and O–H groups in total. The fourth-order valence-electron chi connectivity index (χ4n) is 11.7. The number of ether oxygens (including phenoxy) is 1. The molecule has 13 nitrogen and oxygen atoms in total. The van der Waals surface area contributed by atoms with E-state index in [0.717, 1.165) is 46.2 Å². The van der Waals surface area contributed by atoms with E-state index in [1.807, 2.05) is 0 Å². The van der Waals surface area contributed by atoms with Crippen LogP contribution >= 0.6 is 23.2 Å². The van der Waals surface area contributed by atoms with Gasteiger partial charge in [0.1, 0.15) is 30.8 Å². The Morgan fingerprint density at radius 1 is 0.622 bits per heavy atom. The molecule has 0 radical (unpaired) electrons. The summed E-state index contributed by atoms with van der Waals surface area (Å²) in [6.45, 7) is -1.19. The minimum Gasteiger partial charge on any atom is -0.455 e. The third-order valence-corrected chi connectivity index (χ3v) is 15.2. The highest BCUT2D eigenvalue weighted by Crippen LogP contribution is 2.72. The molecule has 0 spiro atoms. The lowest BCUT2D eigenvalue weighted by molar-refractivity contribution is -0.280. The minimum atomic E-state index is -4.52. The van der Waals surface area contributed by atoms with Crippen LogP contribution in [0.2, 0.25) is 10.0 Å². The molecule has 6 aliphatic carbocycles. The first kappa shape index (κ1) is 50.8. The van der Waals surface area contributed by atoms with Gasteiger partial charge in [-0.1, -0.05) is 65.7 Å². The normalized spacial score (nSPS) is 27.1. The first-order chi connectivity index (χ1) is 34.8. The lowest BCUT2D eigenvalue weighted by atomic mass is 9.38. The van der Waals surface area contributed by atoms with Gasteiger partial charge in [-0.05, 0) is 98.2 Å². The van der Waals surface area contributed by atoms with Crippen molar-refractivity contribution in [2.24, 2.45) is 10.8 Å². The predicted octanol–water partition coefficient (Wildman–Crippen LogP) is 8.97. The Morgan fingerprint density at radius 3 is 1.38 bits per heavy atom. The number of nitrogens with zero attached hydrogens (tertiary/aromatic N) is 6. The van der Waals surface area contributed by atoms with Crippen molar-refractivity contribution < 1.29 is 68.9 Å². The number of piperazine rings is 2. The number of esters is 1. The number of alkyl halides is 6. The number of anilines is 2. The van der Waals surface area contributed by atoms with Crippen LogP contribution in [-0.4, -0.2) is 90.8 Å². The first-order valence-electron chi connectivity index (χ1n) is 23.0. The molecule has 2 aromatic heterocycles. The first-order valence-corrected chi connectivity index (χ1v) is 23.7. The van der Waals surface area contributed by atoms with E-state index in [2.05, 4.69) is 9.97 Å². The van der Waals surface area contributed by atoms with Gasteiger partial charge in [-0.3, -0.25) is 29.0 Å². The molecule has 4 amide bonds. The summed E-state index contributed by atoms with van der Waals surface area (Å²) in [6.07, 6.45) is -4.82. The average Bonchev–Trinajstić information content (AvgIpc) is 3.29. The molecule has 6 saturated carbocycles. The van der Waals surface area contributed by atoms with E-state index >= 15 is 0 Å². The van der Waals surface area contributed by atoms with Crippen molar-refractivity contribution in [3.8, 4) is 0 Å². The Hall–Kier alpha value is -6.71. The number of amides is 4. The summed E-state index contributed by atoms with van der Waals surface area (Å²) >= 11 is 11.6. The van der Waals surface area contributed by atoms with Gasteiger partial charge in [-0.25, -0.2) is 23.5 Å². The summed E-state index contributed by atoms with van der Waals surface area (Å²) in [5.41, 5.74) is -3.52. The van der Waals surface area contributed by atoms with E-state index in [-0.39, 0.29) is 34.8 Å². The average molecular weight is 1070 g/mol. The van der Waals surface area contributed by atoms with Gasteiger partial charge in [0.05, 0.1) is 32.3 Å². The Labute approximate surface area is 425 Å². The third kappa shape index (κ3) is 9.09. The zero-order valence-corrected chi connectivity index (χ0v) is 39.9. The summed E-state index contributed by atoms with van der Waals surface area (Å²) in [5.74, 6) is -5.02. The summed E-state index contributed by atoms with van der Waals surface area (Å²) in [4.78, 5) is 79.2. The van der Waals surface area contributed by atoms with Crippen LogP contribution in [0.1, 0.15) is 71.1 Å². The zero-order chi connectivity index (χ0) is 52.9. The van der Waals surface area contributed by atoms with Crippen molar-refractivity contribution in [1.29, 1.82) is 0 Å². The minimum absolute atomic E-state index is 0.0177. The van der Waals surface area contributed by atoms with E-state index in [1.165, 1.54) is 46.5 Å². The number of aromatic nitrogens is 2. The molecule has 4 heterocycles. The maximum absolute atomic E-state index is 14.8. The molecular weight excluding hydrogens is 1030 g/mol. The Balaban J connectivity index is 0.000000173. The van der Waals surface area contributed by atoms with Crippen molar-refractivity contribution in [1.82, 2.24) is 19.8 Å². The lowest BCUT2D eigenvalue weighted by Crippen LogP contribution is -2.79. The molecule has 8 aliphatic rings. The maximum Gasteiger partial charge on any atom is 0.416 e. The SMILES string of the molecule is O=C(OC12CC(C3C(=O)N(c4ncc(Cl)cc4F)CC(=O)N3Cc3ccc(C(F)(F)F)cc3)(C1)C2)c1ccccc1.O=C1C(C23CC(O)(C2)C3)N(Cc2ccc(C(F)(F)F)cc2)C(=O)CN1c1ncc(Cl)cc1F. The molecule has 4 bridgehead atoms. The van der Waals surface area contributed by atoms with Crippen molar-refractivity contribution in [2.75, 3.05) is 22.9 Å². The second-order valence-electron chi connectivity index (χ2n) is 20.0. The molecule has 386 valence electrons. The number of rotatable bonds is 10. The smallest absolute Gasteiger partial charge is 0.416 e. The number of aliphatic hydroxyl groups is 1. The molecule has 3 aromatic carbocycles. The van der Waals surface area contributed by atoms with Crippen molar-refractivity contribution in [2.45, 2.75) is 87.3 Å². The van der Waals surface area contributed by atoms with E-state index in [9.17, 15) is 64.2 Å². The highest BCUT2D eigenvalue weighted by Gasteiger charge is 2.77. The van der Waals surface area contributed by atoms with E-state index < -0.39 is 112 Å². The zero-order valence-electron chi connectivity index (χ0n) is 38.4. The number of carbonyl (C=O) groups excluding carboxylic acids is 5. The molecule has 2 atom stereocenters. The second-order valence-corrected chi connectivity index (χ2v) is 20.8. The van der Waals surface area contributed by atoms with Crippen molar-refractivity contribution in [3.05, 3.63) is 153 Å². The summed E-state index contributed by atoms with van der Waals surface area (Å²) in [5, 5.41) is 10.3.